The number of rotatable bonds is 10. The molecule has 0 saturated heterocycles. The molecule has 1 aliphatic rings. The van der Waals surface area contributed by atoms with E-state index in [1.807, 2.05) is 6.92 Å². The molecule has 0 bridgehead atoms. The van der Waals surface area contributed by atoms with Gasteiger partial charge in [-0.2, -0.15) is 0 Å². The second-order valence-electron chi connectivity index (χ2n) is 8.97. The Bertz CT molecular complexity index is 800. The van der Waals surface area contributed by atoms with Crippen LogP contribution in [0, 0.1) is 18.8 Å². The zero-order valence-electron chi connectivity index (χ0n) is 18.8. The molecule has 2 aromatic carbocycles. The van der Waals surface area contributed by atoms with Gasteiger partial charge in [0.25, 0.3) is 0 Å². The lowest BCUT2D eigenvalue weighted by molar-refractivity contribution is 0.0914. The normalized spacial score (nSPS) is 18.7. The Hall–Kier alpha value is -2.32. The standard InChI is InChI=1S/C28H37NO/c1-22(2)20-30-21-26-16-14-25(15-17-26)13-12-24(4)29(27-8-6-5-7-9-27)28-18-10-23(3)11-19-28/h5-11,18-19,25-26H,1,4,12-17,20-21H2,2-3H3. The van der Waals surface area contributed by atoms with Crippen LogP contribution in [0.1, 0.15) is 51.0 Å². The summed E-state index contributed by atoms with van der Waals surface area (Å²) < 4.78 is 5.79. The molecule has 30 heavy (non-hydrogen) atoms. The molecular formula is C28H37NO. The van der Waals surface area contributed by atoms with Gasteiger partial charge in [0.2, 0.25) is 0 Å². The number of ether oxygens (including phenoxy) is 1. The number of allylic oxidation sites excluding steroid dienone is 1. The van der Waals surface area contributed by atoms with Gasteiger partial charge in [0.15, 0.2) is 0 Å². The van der Waals surface area contributed by atoms with E-state index in [0.29, 0.717) is 6.61 Å². The molecule has 2 heteroatoms. The second kappa shape index (κ2) is 11.2. The minimum absolute atomic E-state index is 0.702. The Morgan fingerprint density at radius 3 is 2.13 bits per heavy atom. The minimum Gasteiger partial charge on any atom is -0.377 e. The molecule has 0 atom stereocenters. The summed E-state index contributed by atoms with van der Waals surface area (Å²) in [4.78, 5) is 2.32. The van der Waals surface area contributed by atoms with Gasteiger partial charge in [-0.3, -0.25) is 0 Å². The maximum absolute atomic E-state index is 5.79. The average molecular weight is 404 g/mol. The van der Waals surface area contributed by atoms with Gasteiger partial charge in [-0.25, -0.2) is 0 Å². The molecule has 0 radical (unpaired) electrons. The summed E-state index contributed by atoms with van der Waals surface area (Å²) in [7, 11) is 0. The van der Waals surface area contributed by atoms with Crippen molar-refractivity contribution in [2.75, 3.05) is 18.1 Å². The monoisotopic (exact) mass is 403 g/mol. The Labute approximate surface area is 183 Å². The predicted molar refractivity (Wildman–Crippen MR) is 129 cm³/mol. The molecular weight excluding hydrogens is 366 g/mol. The minimum atomic E-state index is 0.702. The highest BCUT2D eigenvalue weighted by atomic mass is 16.5. The van der Waals surface area contributed by atoms with Crippen molar-refractivity contribution in [3.8, 4) is 0 Å². The van der Waals surface area contributed by atoms with E-state index < -0.39 is 0 Å². The van der Waals surface area contributed by atoms with Crippen molar-refractivity contribution < 1.29 is 4.74 Å². The smallest absolute Gasteiger partial charge is 0.0671 e. The van der Waals surface area contributed by atoms with Crippen molar-refractivity contribution in [3.63, 3.8) is 0 Å². The average Bonchev–Trinajstić information content (AvgIpc) is 2.75. The Morgan fingerprint density at radius 2 is 1.50 bits per heavy atom. The van der Waals surface area contributed by atoms with Crippen molar-refractivity contribution in [2.45, 2.75) is 52.4 Å². The molecule has 0 unspecified atom stereocenters. The highest BCUT2D eigenvalue weighted by Crippen LogP contribution is 2.35. The number of para-hydroxylation sites is 1. The van der Waals surface area contributed by atoms with Crippen molar-refractivity contribution in [2.24, 2.45) is 11.8 Å². The van der Waals surface area contributed by atoms with Crippen LogP contribution < -0.4 is 4.90 Å². The molecule has 0 N–H and O–H groups in total. The summed E-state index contributed by atoms with van der Waals surface area (Å²) in [5, 5.41) is 0. The van der Waals surface area contributed by atoms with Crippen LogP contribution >= 0.6 is 0 Å². The molecule has 160 valence electrons. The molecule has 0 aliphatic heterocycles. The molecule has 0 spiro atoms. The number of anilines is 2. The van der Waals surface area contributed by atoms with Crippen molar-refractivity contribution >= 4 is 11.4 Å². The van der Waals surface area contributed by atoms with Crippen molar-refractivity contribution in [1.82, 2.24) is 0 Å². The Morgan fingerprint density at radius 1 is 0.900 bits per heavy atom. The van der Waals surface area contributed by atoms with Crippen LogP contribution in [0.5, 0.6) is 0 Å². The van der Waals surface area contributed by atoms with Gasteiger partial charge in [-0.1, -0.05) is 67.5 Å². The van der Waals surface area contributed by atoms with Crippen LogP contribution in [-0.4, -0.2) is 13.2 Å². The molecule has 1 fully saturated rings. The molecule has 0 heterocycles. The number of nitrogens with zero attached hydrogens (tertiary/aromatic N) is 1. The van der Waals surface area contributed by atoms with Gasteiger partial charge < -0.3 is 9.64 Å². The van der Waals surface area contributed by atoms with Crippen LogP contribution in [0.2, 0.25) is 0 Å². The second-order valence-corrected chi connectivity index (χ2v) is 8.97. The summed E-state index contributed by atoms with van der Waals surface area (Å²) in [6.45, 7) is 14.1. The van der Waals surface area contributed by atoms with Crippen LogP contribution in [0.25, 0.3) is 0 Å². The van der Waals surface area contributed by atoms with Crippen molar-refractivity contribution in [3.05, 3.63) is 84.6 Å². The highest BCUT2D eigenvalue weighted by molar-refractivity contribution is 5.68. The first-order chi connectivity index (χ1) is 14.5. The predicted octanol–water partition coefficient (Wildman–Crippen LogP) is 7.83. The third-order valence-corrected chi connectivity index (χ3v) is 6.13. The van der Waals surface area contributed by atoms with Crippen LogP contribution in [0.3, 0.4) is 0 Å². The molecule has 1 saturated carbocycles. The van der Waals surface area contributed by atoms with Crippen LogP contribution in [-0.2, 0) is 4.74 Å². The number of hydrogen-bond acceptors (Lipinski definition) is 2. The highest BCUT2D eigenvalue weighted by Gasteiger charge is 2.22. The molecule has 3 rings (SSSR count). The van der Waals surface area contributed by atoms with E-state index in [-0.39, 0.29) is 0 Å². The van der Waals surface area contributed by atoms with E-state index >= 15 is 0 Å². The third kappa shape index (κ3) is 6.60. The summed E-state index contributed by atoms with van der Waals surface area (Å²) in [5.74, 6) is 1.52. The SMILES string of the molecule is C=C(C)COCC1CCC(CCC(=C)N(c2ccccc2)c2ccc(C)cc2)CC1. The number of hydrogen-bond donors (Lipinski definition) is 0. The molecule has 2 nitrogen and oxygen atoms in total. The third-order valence-electron chi connectivity index (χ3n) is 6.13. The first-order valence-corrected chi connectivity index (χ1v) is 11.3. The van der Waals surface area contributed by atoms with E-state index in [4.69, 9.17) is 4.74 Å². The van der Waals surface area contributed by atoms with E-state index in [9.17, 15) is 0 Å². The lowest BCUT2D eigenvalue weighted by Crippen LogP contribution is -2.20. The molecule has 0 aromatic heterocycles. The maximum Gasteiger partial charge on any atom is 0.0671 e. The number of benzene rings is 2. The lowest BCUT2D eigenvalue weighted by atomic mass is 9.80. The first-order valence-electron chi connectivity index (χ1n) is 11.3. The lowest BCUT2D eigenvalue weighted by Gasteiger charge is -2.31. The zero-order valence-corrected chi connectivity index (χ0v) is 18.8. The zero-order chi connectivity index (χ0) is 21.3. The van der Waals surface area contributed by atoms with Gasteiger partial charge in [-0.15, -0.1) is 0 Å². The van der Waals surface area contributed by atoms with Crippen molar-refractivity contribution in [1.29, 1.82) is 0 Å². The summed E-state index contributed by atoms with van der Waals surface area (Å²) >= 11 is 0. The Kier molecular flexibility index (Phi) is 8.33. The first kappa shape index (κ1) is 22.4. The van der Waals surface area contributed by atoms with E-state index in [1.54, 1.807) is 0 Å². The summed E-state index contributed by atoms with van der Waals surface area (Å²) in [6.07, 6.45) is 7.44. The van der Waals surface area contributed by atoms with E-state index in [0.717, 1.165) is 30.4 Å². The largest absolute Gasteiger partial charge is 0.377 e. The van der Waals surface area contributed by atoms with Gasteiger partial charge in [0.05, 0.1) is 6.61 Å². The molecule has 0 amide bonds. The van der Waals surface area contributed by atoms with Gasteiger partial charge >= 0.3 is 0 Å². The fourth-order valence-electron chi connectivity index (χ4n) is 4.35. The number of aryl methyl sites for hydroxylation is 1. The van der Waals surface area contributed by atoms with Gasteiger partial charge in [0.1, 0.15) is 0 Å². The quantitative estimate of drug-likeness (QED) is 0.375. The van der Waals surface area contributed by atoms with Crippen LogP contribution in [0.4, 0.5) is 11.4 Å². The van der Waals surface area contributed by atoms with Gasteiger partial charge in [-0.05, 0) is 75.6 Å². The van der Waals surface area contributed by atoms with Gasteiger partial charge in [0, 0.05) is 23.7 Å². The summed E-state index contributed by atoms with van der Waals surface area (Å²) in [5.41, 5.74) is 5.94. The fourth-order valence-corrected chi connectivity index (χ4v) is 4.35. The summed E-state index contributed by atoms with van der Waals surface area (Å²) in [6, 6.07) is 19.3. The van der Waals surface area contributed by atoms with E-state index in [1.165, 1.54) is 54.7 Å². The Balaban J connectivity index is 1.54. The fraction of sp³-hybridized carbons (Fsp3) is 0.429. The van der Waals surface area contributed by atoms with E-state index in [2.05, 4.69) is 79.6 Å². The molecule has 1 aliphatic carbocycles. The van der Waals surface area contributed by atoms with Crippen LogP contribution in [0.15, 0.2) is 79.0 Å². The molecule has 2 aromatic rings. The topological polar surface area (TPSA) is 12.5 Å². The maximum atomic E-state index is 5.79.